The normalized spacial score (nSPS) is 17.6. The van der Waals surface area contributed by atoms with Crippen LogP contribution in [0.4, 0.5) is 11.4 Å². The lowest BCUT2D eigenvalue weighted by atomic mass is 10.1. The van der Waals surface area contributed by atoms with Gasteiger partial charge in [0.1, 0.15) is 0 Å². The first-order chi connectivity index (χ1) is 11.0. The molecule has 2 heterocycles. The van der Waals surface area contributed by atoms with Crippen molar-refractivity contribution in [1.82, 2.24) is 4.57 Å². The minimum atomic E-state index is -0.177. The minimum Gasteiger partial charge on any atom is -0.373 e. The highest BCUT2D eigenvalue weighted by Crippen LogP contribution is 2.34. The Kier molecular flexibility index (Phi) is 3.94. The molecule has 23 heavy (non-hydrogen) atoms. The molecule has 2 aromatic rings. The Balaban J connectivity index is 2.09. The number of hydrogen-bond acceptors (Lipinski definition) is 3. The first-order valence-electron chi connectivity index (χ1n) is 7.79. The van der Waals surface area contributed by atoms with Crippen molar-refractivity contribution in [3.8, 4) is 0 Å². The molecule has 1 aromatic heterocycles. The molecule has 1 aromatic carbocycles. The summed E-state index contributed by atoms with van der Waals surface area (Å²) in [6.45, 7) is 2.94. The molecule has 3 rings (SSSR count). The third kappa shape index (κ3) is 2.74. The van der Waals surface area contributed by atoms with E-state index in [0.29, 0.717) is 5.56 Å². The third-order valence-electron chi connectivity index (χ3n) is 4.45. The molecular weight excluding hydrogens is 290 g/mol. The Morgan fingerprint density at radius 1 is 1.13 bits per heavy atom. The first-order valence-corrected chi connectivity index (χ1v) is 7.79. The second-order valence-corrected chi connectivity index (χ2v) is 6.09. The quantitative estimate of drug-likeness (QED) is 0.811. The number of nitrogens with zero attached hydrogens (tertiary/aromatic N) is 3. The zero-order valence-electron chi connectivity index (χ0n) is 13.7. The lowest BCUT2D eigenvalue weighted by Gasteiger charge is -2.28. The average molecular weight is 311 g/mol. The van der Waals surface area contributed by atoms with Crippen molar-refractivity contribution in [2.24, 2.45) is 7.05 Å². The van der Waals surface area contributed by atoms with Crippen LogP contribution in [0.15, 0.2) is 47.4 Å². The fourth-order valence-corrected chi connectivity index (χ4v) is 2.99. The number of hydrogen-bond donors (Lipinski definition) is 0. The molecular formula is C18H21N3O2. The zero-order valence-corrected chi connectivity index (χ0v) is 13.7. The number of aromatic nitrogens is 1. The van der Waals surface area contributed by atoms with Crippen molar-refractivity contribution in [1.29, 1.82) is 0 Å². The van der Waals surface area contributed by atoms with Crippen LogP contribution in [0.5, 0.6) is 0 Å². The van der Waals surface area contributed by atoms with Gasteiger partial charge in [0.15, 0.2) is 0 Å². The van der Waals surface area contributed by atoms with Crippen molar-refractivity contribution in [3.63, 3.8) is 0 Å². The van der Waals surface area contributed by atoms with Crippen LogP contribution in [-0.4, -0.2) is 30.1 Å². The number of carbonyl (C=O) groups is 1. The Hall–Kier alpha value is -2.56. The van der Waals surface area contributed by atoms with Crippen molar-refractivity contribution in [2.75, 3.05) is 23.4 Å². The van der Waals surface area contributed by atoms with Crippen molar-refractivity contribution < 1.29 is 4.79 Å². The number of fused-ring (bicyclic) bond motifs is 1. The molecule has 1 aliphatic rings. The smallest absolute Gasteiger partial charge is 0.258 e. The van der Waals surface area contributed by atoms with E-state index in [9.17, 15) is 9.59 Å². The van der Waals surface area contributed by atoms with E-state index in [1.807, 2.05) is 36.2 Å². The van der Waals surface area contributed by atoms with Crippen LogP contribution in [0.25, 0.3) is 0 Å². The van der Waals surface area contributed by atoms with E-state index in [0.717, 1.165) is 24.3 Å². The number of carbonyl (C=O) groups excluding carboxylic acids is 1. The molecule has 0 unspecified atom stereocenters. The molecule has 5 heteroatoms. The van der Waals surface area contributed by atoms with Gasteiger partial charge in [-0.2, -0.15) is 0 Å². The summed E-state index contributed by atoms with van der Waals surface area (Å²) in [6, 6.07) is 11.1. The average Bonchev–Trinajstić information content (AvgIpc) is 2.67. The largest absolute Gasteiger partial charge is 0.373 e. The van der Waals surface area contributed by atoms with Gasteiger partial charge in [-0.15, -0.1) is 0 Å². The van der Waals surface area contributed by atoms with Gasteiger partial charge in [0.2, 0.25) is 0 Å². The van der Waals surface area contributed by atoms with E-state index in [-0.39, 0.29) is 17.5 Å². The summed E-state index contributed by atoms with van der Waals surface area (Å²) < 4.78 is 1.46. The Labute approximate surface area is 135 Å². The summed E-state index contributed by atoms with van der Waals surface area (Å²) >= 11 is 0. The molecule has 0 fully saturated rings. The number of rotatable bonds is 1. The number of pyridine rings is 1. The van der Waals surface area contributed by atoms with E-state index < -0.39 is 0 Å². The van der Waals surface area contributed by atoms with Gasteiger partial charge in [0.05, 0.1) is 11.4 Å². The third-order valence-corrected chi connectivity index (χ3v) is 4.45. The number of anilines is 2. The van der Waals surface area contributed by atoms with Crippen LogP contribution < -0.4 is 15.4 Å². The maximum Gasteiger partial charge on any atom is 0.258 e. The molecule has 0 radical (unpaired) electrons. The summed E-state index contributed by atoms with van der Waals surface area (Å²) in [7, 11) is 3.72. The summed E-state index contributed by atoms with van der Waals surface area (Å²) in [5.74, 6) is -0.127. The Morgan fingerprint density at radius 2 is 1.83 bits per heavy atom. The second kappa shape index (κ2) is 5.91. The number of benzene rings is 1. The van der Waals surface area contributed by atoms with E-state index >= 15 is 0 Å². The van der Waals surface area contributed by atoms with Gasteiger partial charge in [0, 0.05) is 44.5 Å². The van der Waals surface area contributed by atoms with Gasteiger partial charge in [0.25, 0.3) is 11.5 Å². The molecule has 0 saturated carbocycles. The van der Waals surface area contributed by atoms with Crippen molar-refractivity contribution in [2.45, 2.75) is 19.4 Å². The van der Waals surface area contributed by atoms with Gasteiger partial charge in [-0.1, -0.05) is 12.1 Å². The van der Waals surface area contributed by atoms with E-state index in [1.165, 1.54) is 10.6 Å². The topological polar surface area (TPSA) is 45.5 Å². The van der Waals surface area contributed by atoms with Crippen molar-refractivity contribution in [3.05, 3.63) is 58.5 Å². The lowest BCUT2D eigenvalue weighted by molar-refractivity contribution is 0.0978. The Morgan fingerprint density at radius 3 is 2.52 bits per heavy atom. The number of para-hydroxylation sites is 2. The molecule has 1 atom stereocenters. The fraction of sp³-hybridized carbons (Fsp3) is 0.333. The first kappa shape index (κ1) is 15.3. The monoisotopic (exact) mass is 311 g/mol. The molecule has 1 amide bonds. The van der Waals surface area contributed by atoms with Gasteiger partial charge in [-0.25, -0.2) is 0 Å². The van der Waals surface area contributed by atoms with Crippen LogP contribution in [0.3, 0.4) is 0 Å². The van der Waals surface area contributed by atoms with E-state index in [2.05, 4.69) is 11.8 Å². The second-order valence-electron chi connectivity index (χ2n) is 6.09. The van der Waals surface area contributed by atoms with Gasteiger partial charge < -0.3 is 14.4 Å². The molecule has 0 spiro atoms. The van der Waals surface area contributed by atoms with Crippen LogP contribution in [0.1, 0.15) is 23.7 Å². The standard InChI is InChI=1S/C18H21N3O2/c1-13-8-10-19(2)15-6-4-5-7-16(15)21(13)18(23)14-9-11-20(3)17(22)12-14/h4-7,9,11-13H,8,10H2,1-3H3/t13-/m1/s1. The molecule has 120 valence electrons. The molecule has 5 nitrogen and oxygen atoms in total. The van der Waals surface area contributed by atoms with Crippen LogP contribution in [0, 0.1) is 0 Å². The van der Waals surface area contributed by atoms with Gasteiger partial charge >= 0.3 is 0 Å². The SMILES string of the molecule is C[C@@H]1CCN(C)c2ccccc2N1C(=O)c1ccn(C)c(=O)c1. The van der Waals surface area contributed by atoms with E-state index in [4.69, 9.17) is 0 Å². The molecule has 0 aliphatic carbocycles. The minimum absolute atomic E-state index is 0.0673. The maximum absolute atomic E-state index is 13.1. The van der Waals surface area contributed by atoms with E-state index in [1.54, 1.807) is 19.3 Å². The zero-order chi connectivity index (χ0) is 16.6. The summed E-state index contributed by atoms with van der Waals surface area (Å²) in [4.78, 5) is 28.9. The molecule has 0 saturated heterocycles. The lowest BCUT2D eigenvalue weighted by Crippen LogP contribution is -2.39. The van der Waals surface area contributed by atoms with Crippen LogP contribution in [0.2, 0.25) is 0 Å². The predicted octanol–water partition coefficient (Wildman–Crippen LogP) is 2.26. The summed E-state index contributed by atoms with van der Waals surface area (Å²) in [5, 5.41) is 0. The molecule has 0 bridgehead atoms. The number of amides is 1. The van der Waals surface area contributed by atoms with Crippen LogP contribution in [-0.2, 0) is 7.05 Å². The number of aryl methyl sites for hydroxylation is 1. The highest BCUT2D eigenvalue weighted by Gasteiger charge is 2.29. The molecule has 1 aliphatic heterocycles. The van der Waals surface area contributed by atoms with Crippen LogP contribution >= 0.6 is 0 Å². The highest BCUT2D eigenvalue weighted by molar-refractivity contribution is 6.08. The highest BCUT2D eigenvalue weighted by atomic mass is 16.2. The van der Waals surface area contributed by atoms with Gasteiger partial charge in [-0.05, 0) is 31.5 Å². The van der Waals surface area contributed by atoms with Crippen molar-refractivity contribution >= 4 is 17.3 Å². The summed E-state index contributed by atoms with van der Waals surface area (Å²) in [5.41, 5.74) is 2.18. The Bertz CT molecular complexity index is 797. The predicted molar refractivity (Wildman–Crippen MR) is 92.3 cm³/mol. The fourth-order valence-electron chi connectivity index (χ4n) is 2.99. The maximum atomic E-state index is 13.1. The molecule has 0 N–H and O–H groups in total. The van der Waals surface area contributed by atoms with Gasteiger partial charge in [-0.3, -0.25) is 9.59 Å². The summed E-state index contributed by atoms with van der Waals surface area (Å²) in [6.07, 6.45) is 2.51.